The van der Waals surface area contributed by atoms with E-state index >= 15 is 0 Å². The highest BCUT2D eigenvalue weighted by molar-refractivity contribution is 5.94. The summed E-state index contributed by atoms with van der Waals surface area (Å²) in [6, 6.07) is 2.36. The van der Waals surface area contributed by atoms with E-state index in [1.54, 1.807) is 6.20 Å². The molecule has 4 rings (SSSR count). The molecule has 1 aromatic heterocycles. The average molecular weight is 357 g/mol. The van der Waals surface area contributed by atoms with E-state index in [9.17, 15) is 9.59 Å². The number of pyridine rings is 1. The number of aromatic nitrogens is 1. The lowest BCUT2D eigenvalue weighted by Crippen LogP contribution is -2.43. The molecule has 1 amide bonds. The van der Waals surface area contributed by atoms with Crippen LogP contribution in [0.1, 0.15) is 67.4 Å². The summed E-state index contributed by atoms with van der Waals surface area (Å²) in [5, 5.41) is 3.21. The van der Waals surface area contributed by atoms with Gasteiger partial charge < -0.3 is 10.3 Å². The molecule has 2 unspecified atom stereocenters. The standard InChI is InChI=1S/C21H31N3O2/c1-14-10-20(25)17(11-22-14)21(26)23-19-13-24(12-18(19)15-8-9-15)16-6-4-2-3-5-7-16/h10-11,15-16,18-19H,2-9,12-13H2,1H3,(H,22,25)(H,23,26). The molecule has 1 aliphatic heterocycles. The van der Waals surface area contributed by atoms with E-state index in [0.717, 1.165) is 24.7 Å². The lowest BCUT2D eigenvalue weighted by molar-refractivity contribution is 0.0925. The van der Waals surface area contributed by atoms with Crippen LogP contribution in [0, 0.1) is 18.8 Å². The van der Waals surface area contributed by atoms with E-state index in [4.69, 9.17) is 0 Å². The van der Waals surface area contributed by atoms with E-state index in [0.29, 0.717) is 12.0 Å². The number of rotatable bonds is 4. The number of carbonyl (C=O) groups excluding carboxylic acids is 1. The second-order valence-electron chi connectivity index (χ2n) is 8.57. The van der Waals surface area contributed by atoms with Crippen molar-refractivity contribution in [1.29, 1.82) is 0 Å². The third-order valence-corrected chi connectivity index (χ3v) is 6.58. The summed E-state index contributed by atoms with van der Waals surface area (Å²) >= 11 is 0. The first-order chi connectivity index (χ1) is 12.6. The first-order valence-corrected chi connectivity index (χ1v) is 10.4. The van der Waals surface area contributed by atoms with Crippen LogP contribution in [0.5, 0.6) is 0 Å². The van der Waals surface area contributed by atoms with Crippen LogP contribution >= 0.6 is 0 Å². The molecule has 142 valence electrons. The Kier molecular flexibility index (Phi) is 5.16. The number of amides is 1. The van der Waals surface area contributed by atoms with Gasteiger partial charge in [0, 0.05) is 43.1 Å². The Hall–Kier alpha value is -1.62. The molecule has 2 aliphatic carbocycles. The fourth-order valence-corrected chi connectivity index (χ4v) is 4.93. The van der Waals surface area contributed by atoms with Crippen molar-refractivity contribution in [3.8, 4) is 0 Å². The highest BCUT2D eigenvalue weighted by atomic mass is 16.2. The van der Waals surface area contributed by atoms with Gasteiger partial charge in [0.15, 0.2) is 5.43 Å². The topological polar surface area (TPSA) is 65.2 Å². The number of aromatic amines is 1. The molecule has 2 atom stereocenters. The molecule has 2 heterocycles. The number of aryl methyl sites for hydroxylation is 1. The van der Waals surface area contributed by atoms with Crippen molar-refractivity contribution >= 4 is 5.91 Å². The van der Waals surface area contributed by atoms with Crippen LogP contribution in [0.3, 0.4) is 0 Å². The van der Waals surface area contributed by atoms with Crippen LogP contribution in [0.2, 0.25) is 0 Å². The number of carbonyl (C=O) groups is 1. The molecular formula is C21H31N3O2. The van der Waals surface area contributed by atoms with Gasteiger partial charge in [0.2, 0.25) is 0 Å². The summed E-state index contributed by atoms with van der Waals surface area (Å²) in [6.45, 7) is 3.89. The number of likely N-dealkylation sites (tertiary alicyclic amines) is 1. The quantitative estimate of drug-likeness (QED) is 0.815. The number of nitrogens with one attached hydrogen (secondary N) is 2. The van der Waals surface area contributed by atoms with Gasteiger partial charge in [-0.2, -0.15) is 0 Å². The van der Waals surface area contributed by atoms with Crippen LogP contribution in [0.15, 0.2) is 17.1 Å². The summed E-state index contributed by atoms with van der Waals surface area (Å²) in [4.78, 5) is 30.5. The average Bonchev–Trinajstić information content (AvgIpc) is 3.41. The predicted octanol–water partition coefficient (Wildman–Crippen LogP) is 2.85. The zero-order valence-electron chi connectivity index (χ0n) is 15.8. The molecule has 3 fully saturated rings. The van der Waals surface area contributed by atoms with Crippen LogP contribution in [-0.2, 0) is 0 Å². The smallest absolute Gasteiger partial charge is 0.257 e. The minimum absolute atomic E-state index is 0.180. The van der Waals surface area contributed by atoms with E-state index in [-0.39, 0.29) is 22.9 Å². The molecule has 0 spiro atoms. The molecule has 0 aromatic carbocycles. The third kappa shape index (κ3) is 3.88. The van der Waals surface area contributed by atoms with Crippen molar-refractivity contribution in [3.05, 3.63) is 33.7 Å². The van der Waals surface area contributed by atoms with Crippen LogP contribution in [0.25, 0.3) is 0 Å². The number of hydrogen-bond donors (Lipinski definition) is 2. The molecule has 0 radical (unpaired) electrons. The summed E-state index contributed by atoms with van der Waals surface area (Å²) in [5.41, 5.74) is 0.821. The van der Waals surface area contributed by atoms with Crippen molar-refractivity contribution in [3.63, 3.8) is 0 Å². The molecule has 3 aliphatic rings. The molecule has 1 aromatic rings. The zero-order chi connectivity index (χ0) is 18.1. The van der Waals surface area contributed by atoms with Gasteiger partial charge in [-0.05, 0) is 44.4 Å². The minimum atomic E-state index is -0.218. The maximum atomic E-state index is 12.7. The molecule has 5 nitrogen and oxygen atoms in total. The van der Waals surface area contributed by atoms with Crippen molar-refractivity contribution in [2.75, 3.05) is 13.1 Å². The highest BCUT2D eigenvalue weighted by Crippen LogP contribution is 2.42. The Morgan fingerprint density at radius 3 is 2.50 bits per heavy atom. The van der Waals surface area contributed by atoms with Gasteiger partial charge in [0.25, 0.3) is 5.91 Å². The third-order valence-electron chi connectivity index (χ3n) is 6.58. The summed E-state index contributed by atoms with van der Waals surface area (Å²) in [7, 11) is 0. The van der Waals surface area contributed by atoms with Gasteiger partial charge >= 0.3 is 0 Å². The Balaban J connectivity index is 1.45. The minimum Gasteiger partial charge on any atom is -0.364 e. The Labute approximate surface area is 155 Å². The normalized spacial score (nSPS) is 28.0. The number of hydrogen-bond acceptors (Lipinski definition) is 3. The highest BCUT2D eigenvalue weighted by Gasteiger charge is 2.44. The Morgan fingerprint density at radius 1 is 1.12 bits per heavy atom. The van der Waals surface area contributed by atoms with Gasteiger partial charge in [-0.1, -0.05) is 25.7 Å². The molecule has 5 heteroatoms. The van der Waals surface area contributed by atoms with Crippen LogP contribution in [0.4, 0.5) is 0 Å². The maximum absolute atomic E-state index is 12.7. The monoisotopic (exact) mass is 357 g/mol. The fourth-order valence-electron chi connectivity index (χ4n) is 4.93. The summed E-state index contributed by atoms with van der Waals surface area (Å²) < 4.78 is 0. The molecule has 2 N–H and O–H groups in total. The maximum Gasteiger partial charge on any atom is 0.257 e. The van der Waals surface area contributed by atoms with Gasteiger partial charge in [-0.3, -0.25) is 14.5 Å². The molecular weight excluding hydrogens is 326 g/mol. The fraction of sp³-hybridized carbons (Fsp3) is 0.714. The van der Waals surface area contributed by atoms with Gasteiger partial charge in [0.1, 0.15) is 5.56 Å². The first-order valence-electron chi connectivity index (χ1n) is 10.4. The second-order valence-corrected chi connectivity index (χ2v) is 8.57. The second kappa shape index (κ2) is 7.55. The lowest BCUT2D eigenvalue weighted by atomic mass is 9.98. The van der Waals surface area contributed by atoms with Crippen molar-refractivity contribution < 1.29 is 4.79 Å². The van der Waals surface area contributed by atoms with E-state index in [1.807, 2.05) is 6.92 Å². The van der Waals surface area contributed by atoms with Crippen LogP contribution < -0.4 is 10.7 Å². The first kappa shape index (κ1) is 17.8. The molecule has 1 saturated heterocycles. The van der Waals surface area contributed by atoms with Gasteiger partial charge in [-0.25, -0.2) is 0 Å². The largest absolute Gasteiger partial charge is 0.364 e. The lowest BCUT2D eigenvalue weighted by Gasteiger charge is -2.26. The molecule has 0 bridgehead atoms. The van der Waals surface area contributed by atoms with Crippen molar-refractivity contribution in [2.45, 2.75) is 70.4 Å². The van der Waals surface area contributed by atoms with E-state index < -0.39 is 0 Å². The SMILES string of the molecule is Cc1cc(=O)c(C(=O)NC2CN(C3CCCCCC3)CC2C2CC2)c[nH]1. The van der Waals surface area contributed by atoms with Crippen LogP contribution in [-0.4, -0.2) is 41.0 Å². The van der Waals surface area contributed by atoms with Gasteiger partial charge in [0.05, 0.1) is 0 Å². The summed E-state index contributed by atoms with van der Waals surface area (Å²) in [6.07, 6.45) is 12.2. The number of H-pyrrole nitrogens is 1. The van der Waals surface area contributed by atoms with E-state index in [1.165, 1.54) is 57.4 Å². The number of nitrogens with zero attached hydrogens (tertiary/aromatic N) is 1. The molecule has 26 heavy (non-hydrogen) atoms. The van der Waals surface area contributed by atoms with Gasteiger partial charge in [-0.15, -0.1) is 0 Å². The van der Waals surface area contributed by atoms with Crippen molar-refractivity contribution in [1.82, 2.24) is 15.2 Å². The predicted molar refractivity (Wildman–Crippen MR) is 102 cm³/mol. The Bertz CT molecular complexity index is 701. The zero-order valence-corrected chi connectivity index (χ0v) is 15.8. The Morgan fingerprint density at radius 2 is 1.85 bits per heavy atom. The molecule has 2 saturated carbocycles. The van der Waals surface area contributed by atoms with Crippen molar-refractivity contribution in [2.24, 2.45) is 11.8 Å². The van der Waals surface area contributed by atoms with E-state index in [2.05, 4.69) is 15.2 Å². The summed E-state index contributed by atoms with van der Waals surface area (Å²) in [5.74, 6) is 1.09.